The molecule has 3 aromatic rings. The Hall–Kier alpha value is -2.49. The van der Waals surface area contributed by atoms with E-state index in [0.29, 0.717) is 10.8 Å². The van der Waals surface area contributed by atoms with Gasteiger partial charge in [-0.25, -0.2) is 0 Å². The van der Waals surface area contributed by atoms with Gasteiger partial charge >= 0.3 is 0 Å². The quantitative estimate of drug-likeness (QED) is 0.312. The van der Waals surface area contributed by atoms with Crippen LogP contribution in [0.2, 0.25) is 0 Å². The fourth-order valence-electron chi connectivity index (χ4n) is 1.94. The Balaban J connectivity index is 2.52. The fourth-order valence-corrected chi connectivity index (χ4v) is 1.94. The maximum absolute atomic E-state index is 9.78. The van der Waals surface area contributed by atoms with E-state index in [1.807, 2.05) is 28.8 Å². The minimum absolute atomic E-state index is 0.300. The molecule has 0 saturated heterocycles. The van der Waals surface area contributed by atoms with Gasteiger partial charge in [-0.2, -0.15) is 4.40 Å². The van der Waals surface area contributed by atoms with Crippen LogP contribution in [0.15, 0.2) is 42.7 Å². The Bertz CT molecular complexity index is 737. The normalized spacial score (nSPS) is 11.1. The number of hydrogen-bond acceptors (Lipinski definition) is 3. The lowest BCUT2D eigenvalue weighted by Gasteiger charge is -2.04. The standard InChI is InChI=1S/C13H9NO3/c15-11-5-8-7-14-4-2-1-3-9(14)6-10(8)12(16)13(11)17/h1-7,15-16H/p+1. The van der Waals surface area contributed by atoms with E-state index in [0.717, 1.165) is 5.52 Å². The Labute approximate surface area is 96.6 Å². The predicted molar refractivity (Wildman–Crippen MR) is 62.1 cm³/mol. The topological polar surface area (TPSA) is 64.8 Å². The smallest absolute Gasteiger partial charge is 0.211 e. The lowest BCUT2D eigenvalue weighted by Crippen LogP contribution is -2.19. The monoisotopic (exact) mass is 228 g/mol. The first kappa shape index (κ1) is 9.72. The van der Waals surface area contributed by atoms with Crippen molar-refractivity contribution in [1.29, 1.82) is 0 Å². The lowest BCUT2D eigenvalue weighted by atomic mass is 10.1. The number of rotatable bonds is 0. The van der Waals surface area contributed by atoms with Crippen LogP contribution in [0, 0.1) is 0 Å². The van der Waals surface area contributed by atoms with Crippen LogP contribution in [0.3, 0.4) is 0 Å². The SMILES string of the molecule is Oc1cc2c[n+]3ccccc3cc2c(O)c1O. The van der Waals surface area contributed by atoms with Crippen molar-refractivity contribution >= 4 is 16.3 Å². The van der Waals surface area contributed by atoms with Crippen molar-refractivity contribution in [3.05, 3.63) is 42.7 Å². The number of benzene rings is 1. The van der Waals surface area contributed by atoms with Crippen molar-refractivity contribution in [3.8, 4) is 17.2 Å². The molecule has 4 heteroatoms. The highest BCUT2D eigenvalue weighted by molar-refractivity contribution is 5.93. The average Bonchev–Trinajstić information content (AvgIpc) is 2.34. The number of phenolic OH excluding ortho intramolecular Hbond substituents is 3. The molecule has 0 atom stereocenters. The lowest BCUT2D eigenvalue weighted by molar-refractivity contribution is -0.510. The highest BCUT2D eigenvalue weighted by atomic mass is 16.3. The molecule has 0 radical (unpaired) electrons. The molecule has 0 bridgehead atoms. The van der Waals surface area contributed by atoms with Crippen molar-refractivity contribution < 1.29 is 19.7 Å². The molecule has 3 rings (SSSR count). The summed E-state index contributed by atoms with van der Waals surface area (Å²) in [6.45, 7) is 0. The molecular formula is C13H10NO3+. The summed E-state index contributed by atoms with van der Waals surface area (Å²) in [7, 11) is 0. The molecule has 0 aliphatic rings. The summed E-state index contributed by atoms with van der Waals surface area (Å²) < 4.78 is 1.87. The van der Waals surface area contributed by atoms with Crippen molar-refractivity contribution in [2.24, 2.45) is 0 Å². The summed E-state index contributed by atoms with van der Waals surface area (Å²) in [5.41, 5.74) is 0.889. The molecule has 0 aliphatic heterocycles. The zero-order valence-electron chi connectivity index (χ0n) is 8.83. The fraction of sp³-hybridized carbons (Fsp3) is 0. The van der Waals surface area contributed by atoms with Gasteiger partial charge in [0.05, 0.1) is 5.39 Å². The van der Waals surface area contributed by atoms with Gasteiger partial charge in [-0.15, -0.1) is 0 Å². The third-order valence-electron chi connectivity index (χ3n) is 2.82. The van der Waals surface area contributed by atoms with Crippen molar-refractivity contribution in [3.63, 3.8) is 0 Å². The van der Waals surface area contributed by atoms with Gasteiger partial charge in [-0.05, 0) is 12.1 Å². The largest absolute Gasteiger partial charge is 0.504 e. The highest BCUT2D eigenvalue weighted by Gasteiger charge is 2.14. The highest BCUT2D eigenvalue weighted by Crippen LogP contribution is 2.40. The van der Waals surface area contributed by atoms with Crippen LogP contribution in [0.1, 0.15) is 0 Å². The van der Waals surface area contributed by atoms with Gasteiger partial charge in [-0.1, -0.05) is 0 Å². The summed E-state index contributed by atoms with van der Waals surface area (Å²) in [6.07, 6.45) is 3.65. The molecule has 2 heterocycles. The number of pyridine rings is 2. The van der Waals surface area contributed by atoms with Crippen LogP contribution in [-0.2, 0) is 0 Å². The van der Waals surface area contributed by atoms with E-state index in [9.17, 15) is 15.3 Å². The van der Waals surface area contributed by atoms with E-state index in [1.54, 1.807) is 12.3 Å². The van der Waals surface area contributed by atoms with Gasteiger partial charge in [0.25, 0.3) is 0 Å². The summed E-state index contributed by atoms with van der Waals surface area (Å²) in [5, 5.41) is 29.9. The summed E-state index contributed by atoms with van der Waals surface area (Å²) in [5.74, 6) is -1.12. The van der Waals surface area contributed by atoms with Crippen molar-refractivity contribution in [2.75, 3.05) is 0 Å². The van der Waals surface area contributed by atoms with Crippen LogP contribution >= 0.6 is 0 Å². The van der Waals surface area contributed by atoms with Crippen LogP contribution in [0.4, 0.5) is 0 Å². The maximum Gasteiger partial charge on any atom is 0.211 e. The van der Waals surface area contributed by atoms with E-state index in [4.69, 9.17) is 0 Å². The molecule has 17 heavy (non-hydrogen) atoms. The van der Waals surface area contributed by atoms with Gasteiger partial charge in [0.15, 0.2) is 23.9 Å². The molecule has 0 amide bonds. The molecular weight excluding hydrogens is 218 g/mol. The van der Waals surface area contributed by atoms with Crippen molar-refractivity contribution in [1.82, 2.24) is 0 Å². The molecule has 3 N–H and O–H groups in total. The number of aromatic nitrogens is 1. The zero-order chi connectivity index (χ0) is 12.0. The third kappa shape index (κ3) is 1.34. The van der Waals surface area contributed by atoms with Gasteiger partial charge in [0.2, 0.25) is 11.3 Å². The van der Waals surface area contributed by atoms with Crippen LogP contribution in [-0.4, -0.2) is 15.3 Å². The van der Waals surface area contributed by atoms with E-state index < -0.39 is 5.75 Å². The van der Waals surface area contributed by atoms with Gasteiger partial charge < -0.3 is 15.3 Å². The molecule has 0 saturated carbocycles. The third-order valence-corrected chi connectivity index (χ3v) is 2.82. The van der Waals surface area contributed by atoms with Gasteiger partial charge in [-0.3, -0.25) is 0 Å². The van der Waals surface area contributed by atoms with Crippen LogP contribution in [0.5, 0.6) is 17.2 Å². The number of nitrogens with zero attached hydrogens (tertiary/aromatic N) is 1. The minimum Gasteiger partial charge on any atom is -0.504 e. The molecule has 0 fully saturated rings. The number of hydrogen-bond donors (Lipinski definition) is 3. The van der Waals surface area contributed by atoms with Crippen LogP contribution in [0.25, 0.3) is 16.3 Å². The van der Waals surface area contributed by atoms with Crippen LogP contribution < -0.4 is 4.40 Å². The molecule has 84 valence electrons. The maximum atomic E-state index is 9.78. The molecule has 0 spiro atoms. The van der Waals surface area contributed by atoms with Crippen molar-refractivity contribution in [2.45, 2.75) is 0 Å². The Morgan fingerprint density at radius 2 is 1.76 bits per heavy atom. The zero-order valence-corrected chi connectivity index (χ0v) is 8.83. The first-order valence-corrected chi connectivity index (χ1v) is 5.14. The number of aromatic hydroxyl groups is 3. The first-order valence-electron chi connectivity index (χ1n) is 5.14. The summed E-state index contributed by atoms with van der Waals surface area (Å²) in [4.78, 5) is 0. The second-order valence-electron chi connectivity index (χ2n) is 3.90. The molecule has 4 nitrogen and oxygen atoms in total. The van der Waals surface area contributed by atoms with E-state index in [1.165, 1.54) is 6.07 Å². The molecule has 1 aromatic carbocycles. The predicted octanol–water partition coefficient (Wildman–Crippen LogP) is 1.70. The summed E-state index contributed by atoms with van der Waals surface area (Å²) in [6, 6.07) is 8.84. The molecule has 2 aromatic heterocycles. The Kier molecular flexibility index (Phi) is 1.86. The van der Waals surface area contributed by atoms with Gasteiger partial charge in [0.1, 0.15) is 0 Å². The average molecular weight is 228 g/mol. The first-order chi connectivity index (χ1) is 8.16. The van der Waals surface area contributed by atoms with E-state index in [2.05, 4.69) is 0 Å². The van der Waals surface area contributed by atoms with E-state index >= 15 is 0 Å². The second kappa shape index (κ2) is 3.25. The van der Waals surface area contributed by atoms with Gasteiger partial charge in [0, 0.05) is 23.6 Å². The van der Waals surface area contributed by atoms with E-state index in [-0.39, 0.29) is 11.5 Å². The molecule has 0 aliphatic carbocycles. The molecule has 0 unspecified atom stereocenters. The summed E-state index contributed by atoms with van der Waals surface area (Å²) >= 11 is 0. The second-order valence-corrected chi connectivity index (χ2v) is 3.90. The minimum atomic E-state index is -0.488. The Morgan fingerprint density at radius 1 is 0.941 bits per heavy atom. The number of fused-ring (bicyclic) bond motifs is 2. The number of phenols is 3. The Morgan fingerprint density at radius 3 is 2.59 bits per heavy atom.